The molecule has 2 heterocycles. The molecule has 2 aromatic rings. The molecular formula is C24H33BN5O6. The van der Waals surface area contributed by atoms with Crippen LogP contribution < -0.4 is 10.6 Å². The zero-order valence-corrected chi connectivity index (χ0v) is 20.4. The molecule has 12 heteroatoms. The molecule has 1 aromatic carbocycles. The Morgan fingerprint density at radius 1 is 1.14 bits per heavy atom. The van der Waals surface area contributed by atoms with Crippen LogP contribution in [0.4, 0.5) is 5.82 Å². The molecule has 2 amide bonds. The van der Waals surface area contributed by atoms with Gasteiger partial charge >= 0.3 is 13.7 Å². The van der Waals surface area contributed by atoms with E-state index in [-0.39, 0.29) is 25.4 Å². The minimum atomic E-state index is -1.01. The molecule has 1 aliphatic heterocycles. The van der Waals surface area contributed by atoms with E-state index in [4.69, 9.17) is 10.0 Å². The second kappa shape index (κ2) is 14.8. The van der Waals surface area contributed by atoms with E-state index in [1.807, 2.05) is 44.2 Å². The molecule has 3 rings (SSSR count). The molecule has 36 heavy (non-hydrogen) atoms. The summed E-state index contributed by atoms with van der Waals surface area (Å²) in [4.78, 5) is 47.9. The lowest BCUT2D eigenvalue weighted by molar-refractivity contribution is -0.149. The standard InChI is InChI=1S/C24H31N5O4.BH2O2/c1-16(2)13-19(23(31)29-12-6-9-20(29)24(32)33)28-22(30)18(14-17-7-4-3-5-8-17)27-21-15-25-10-11-26-21;2-1-3/h3-5,7-8,10-11,15-16,18-20H,6,9,12-14H2,1-2H3,(H,26,27)(H,28,30)(H,32,33);2-3H/t18?,19?,20-;/m0./s1. The van der Waals surface area contributed by atoms with Crippen molar-refractivity contribution in [2.75, 3.05) is 11.9 Å². The lowest BCUT2D eigenvalue weighted by Gasteiger charge is -2.29. The number of hydrogen-bond acceptors (Lipinski definition) is 8. The normalized spacial score (nSPS) is 16.4. The number of amides is 2. The predicted molar refractivity (Wildman–Crippen MR) is 134 cm³/mol. The molecule has 5 N–H and O–H groups in total. The topological polar surface area (TPSA) is 165 Å². The SMILES string of the molecule is CC(C)CC(NC(=O)C(Cc1ccccc1)Nc1cnccn1)C(=O)N1CCC[C@H]1C(=O)O.O[B]O. The zero-order valence-electron chi connectivity index (χ0n) is 20.4. The van der Waals surface area contributed by atoms with Gasteiger partial charge in [-0.1, -0.05) is 44.2 Å². The monoisotopic (exact) mass is 498 g/mol. The second-order valence-electron chi connectivity index (χ2n) is 8.81. The third kappa shape index (κ3) is 8.93. The number of carboxylic acids is 1. The Morgan fingerprint density at radius 2 is 1.83 bits per heavy atom. The molecule has 1 aliphatic rings. The number of nitrogens with zero attached hydrogens (tertiary/aromatic N) is 3. The van der Waals surface area contributed by atoms with Gasteiger partial charge in [0.05, 0.1) is 6.20 Å². The third-order valence-electron chi connectivity index (χ3n) is 5.63. The molecule has 0 spiro atoms. The maximum absolute atomic E-state index is 13.4. The first-order valence-electron chi connectivity index (χ1n) is 11.8. The Kier molecular flexibility index (Phi) is 11.8. The summed E-state index contributed by atoms with van der Waals surface area (Å²) in [6.07, 6.45) is 6.46. The van der Waals surface area contributed by atoms with Crippen molar-refractivity contribution in [2.24, 2.45) is 5.92 Å². The number of aliphatic carboxylic acids is 1. The van der Waals surface area contributed by atoms with Crippen LogP contribution in [0.3, 0.4) is 0 Å². The molecule has 1 aromatic heterocycles. The molecule has 11 nitrogen and oxygen atoms in total. The van der Waals surface area contributed by atoms with Gasteiger partial charge in [0.25, 0.3) is 0 Å². The summed E-state index contributed by atoms with van der Waals surface area (Å²) in [5.74, 6) is -1.13. The molecular weight excluding hydrogens is 465 g/mol. The van der Waals surface area contributed by atoms with Crippen molar-refractivity contribution in [3.8, 4) is 0 Å². The van der Waals surface area contributed by atoms with Crippen LogP contribution in [0, 0.1) is 5.92 Å². The van der Waals surface area contributed by atoms with Crippen LogP contribution in [-0.4, -0.2) is 80.2 Å². The van der Waals surface area contributed by atoms with Gasteiger partial charge in [0.2, 0.25) is 11.8 Å². The summed E-state index contributed by atoms with van der Waals surface area (Å²) < 4.78 is 0. The highest BCUT2D eigenvalue weighted by Crippen LogP contribution is 2.20. The van der Waals surface area contributed by atoms with Gasteiger partial charge in [0.15, 0.2) is 0 Å². The number of carbonyl (C=O) groups is 3. The van der Waals surface area contributed by atoms with Crippen molar-refractivity contribution < 1.29 is 29.5 Å². The number of nitrogens with one attached hydrogen (secondary N) is 2. The Hall–Kier alpha value is -3.51. The van der Waals surface area contributed by atoms with Crippen LogP contribution in [0.15, 0.2) is 48.9 Å². The maximum atomic E-state index is 13.4. The number of carbonyl (C=O) groups excluding carboxylic acids is 2. The van der Waals surface area contributed by atoms with Gasteiger partial charge in [-0.2, -0.15) is 0 Å². The van der Waals surface area contributed by atoms with Crippen molar-refractivity contribution in [3.63, 3.8) is 0 Å². The van der Waals surface area contributed by atoms with Gasteiger partial charge in [0.1, 0.15) is 23.9 Å². The van der Waals surface area contributed by atoms with Crippen LogP contribution in [-0.2, 0) is 20.8 Å². The first-order chi connectivity index (χ1) is 17.3. The maximum Gasteiger partial charge on any atom is 0.482 e. The molecule has 0 saturated carbocycles. The number of aromatic nitrogens is 2. The first-order valence-corrected chi connectivity index (χ1v) is 11.8. The van der Waals surface area contributed by atoms with Gasteiger partial charge < -0.3 is 30.7 Å². The summed E-state index contributed by atoms with van der Waals surface area (Å²) in [5.41, 5.74) is 0.950. The van der Waals surface area contributed by atoms with Crippen molar-refractivity contribution in [3.05, 3.63) is 54.5 Å². The lowest BCUT2D eigenvalue weighted by Crippen LogP contribution is -2.55. The number of carboxylic acid groups (broad SMARTS) is 1. The fourth-order valence-corrected chi connectivity index (χ4v) is 4.06. The summed E-state index contributed by atoms with van der Waals surface area (Å²) in [7, 11) is 0. The van der Waals surface area contributed by atoms with E-state index in [0.29, 0.717) is 38.0 Å². The lowest BCUT2D eigenvalue weighted by atomic mass is 10.0. The van der Waals surface area contributed by atoms with Crippen LogP contribution >= 0.6 is 0 Å². The number of likely N-dealkylation sites (tertiary alicyclic amines) is 1. The average Bonchev–Trinajstić information content (AvgIpc) is 3.35. The van der Waals surface area contributed by atoms with Gasteiger partial charge in [-0.3, -0.25) is 14.6 Å². The summed E-state index contributed by atoms with van der Waals surface area (Å²) in [6, 6.07) is 7.21. The molecule has 1 radical (unpaired) electrons. The van der Waals surface area contributed by atoms with Gasteiger partial charge in [-0.15, -0.1) is 0 Å². The van der Waals surface area contributed by atoms with Crippen molar-refractivity contribution >= 4 is 31.3 Å². The Morgan fingerprint density at radius 3 is 2.42 bits per heavy atom. The molecule has 2 unspecified atom stereocenters. The predicted octanol–water partition coefficient (Wildman–Crippen LogP) is 0.612. The molecule has 3 atom stereocenters. The summed E-state index contributed by atoms with van der Waals surface area (Å²) in [6.45, 7) is 4.31. The van der Waals surface area contributed by atoms with Gasteiger partial charge in [-0.05, 0) is 30.7 Å². The second-order valence-corrected chi connectivity index (χ2v) is 8.81. The average molecular weight is 498 g/mol. The number of hydrogen-bond donors (Lipinski definition) is 5. The van der Waals surface area contributed by atoms with E-state index in [0.717, 1.165) is 5.56 Å². The minimum absolute atomic E-state index is 0. The van der Waals surface area contributed by atoms with Crippen molar-refractivity contribution in [1.29, 1.82) is 0 Å². The van der Waals surface area contributed by atoms with Crippen LogP contribution in [0.2, 0.25) is 0 Å². The van der Waals surface area contributed by atoms with E-state index < -0.39 is 24.1 Å². The molecule has 0 bridgehead atoms. The van der Waals surface area contributed by atoms with Crippen LogP contribution in [0.25, 0.3) is 0 Å². The van der Waals surface area contributed by atoms with Crippen LogP contribution in [0.5, 0.6) is 0 Å². The summed E-state index contributed by atoms with van der Waals surface area (Å²) in [5, 5.41) is 29.5. The largest absolute Gasteiger partial charge is 0.482 e. The number of anilines is 1. The highest BCUT2D eigenvalue weighted by Gasteiger charge is 2.38. The van der Waals surface area contributed by atoms with E-state index in [2.05, 4.69) is 20.6 Å². The first kappa shape index (κ1) is 28.7. The molecule has 0 aliphatic carbocycles. The van der Waals surface area contributed by atoms with Gasteiger partial charge in [-0.25, -0.2) is 9.78 Å². The Labute approximate surface area is 211 Å². The number of rotatable bonds is 10. The molecule has 1 saturated heterocycles. The molecule has 1 fully saturated rings. The third-order valence-corrected chi connectivity index (χ3v) is 5.63. The Balaban J connectivity index is 0.00000145. The fourth-order valence-electron chi connectivity index (χ4n) is 4.06. The summed E-state index contributed by atoms with van der Waals surface area (Å²) >= 11 is 0. The van der Waals surface area contributed by atoms with E-state index >= 15 is 0 Å². The van der Waals surface area contributed by atoms with Crippen molar-refractivity contribution in [1.82, 2.24) is 20.2 Å². The van der Waals surface area contributed by atoms with E-state index in [1.165, 1.54) is 17.3 Å². The Bertz CT molecular complexity index is 924. The fraction of sp³-hybridized carbons (Fsp3) is 0.458. The smallest absolute Gasteiger partial charge is 0.480 e. The highest BCUT2D eigenvalue weighted by atomic mass is 16.4. The zero-order chi connectivity index (χ0) is 26.5. The quantitative estimate of drug-likeness (QED) is 0.295. The number of benzene rings is 1. The van der Waals surface area contributed by atoms with Gasteiger partial charge in [0, 0.05) is 25.4 Å². The minimum Gasteiger partial charge on any atom is -0.480 e. The highest BCUT2D eigenvalue weighted by molar-refractivity contribution is 6.13. The van der Waals surface area contributed by atoms with E-state index in [1.54, 1.807) is 6.20 Å². The van der Waals surface area contributed by atoms with E-state index in [9.17, 15) is 19.5 Å². The molecule has 193 valence electrons. The van der Waals surface area contributed by atoms with Crippen molar-refractivity contribution in [2.45, 2.75) is 57.7 Å². The van der Waals surface area contributed by atoms with Crippen LogP contribution in [0.1, 0.15) is 38.7 Å².